The number of ether oxygens (including phenoxy) is 1. The van der Waals surface area contributed by atoms with Gasteiger partial charge in [0.05, 0.1) is 13.2 Å². The van der Waals surface area contributed by atoms with Gasteiger partial charge in [-0.25, -0.2) is 0 Å². The maximum atomic E-state index is 5.37. The molecule has 2 saturated heterocycles. The first kappa shape index (κ1) is 9.44. The van der Waals surface area contributed by atoms with Crippen LogP contribution in [-0.2, 0) is 4.74 Å². The number of morpholine rings is 1. The van der Waals surface area contributed by atoms with E-state index in [0.29, 0.717) is 0 Å². The van der Waals surface area contributed by atoms with Gasteiger partial charge in [0.25, 0.3) is 0 Å². The van der Waals surface area contributed by atoms with E-state index in [1.165, 1.54) is 13.0 Å². The molecule has 0 bridgehead atoms. The average molecular weight is 184 g/mol. The Morgan fingerprint density at radius 3 is 2.38 bits per heavy atom. The highest BCUT2D eigenvalue weighted by Crippen LogP contribution is 2.21. The molecule has 2 unspecified atom stereocenters. The van der Waals surface area contributed by atoms with Crippen LogP contribution < -0.4 is 0 Å². The first-order valence-corrected chi connectivity index (χ1v) is 5.31. The van der Waals surface area contributed by atoms with Crippen LogP contribution in [0.15, 0.2) is 0 Å². The second-order valence-electron chi connectivity index (χ2n) is 4.23. The van der Waals surface area contributed by atoms with Gasteiger partial charge < -0.3 is 9.64 Å². The molecule has 2 aliphatic rings. The first-order valence-electron chi connectivity index (χ1n) is 5.31. The Bertz CT molecular complexity index is 168. The second-order valence-corrected chi connectivity index (χ2v) is 4.23. The predicted octanol–water partition coefficient (Wildman–Crippen LogP) is 0.411. The zero-order chi connectivity index (χ0) is 9.26. The van der Waals surface area contributed by atoms with Crippen molar-refractivity contribution in [1.82, 2.24) is 9.80 Å². The molecule has 0 aromatic rings. The van der Waals surface area contributed by atoms with E-state index in [9.17, 15) is 0 Å². The van der Waals surface area contributed by atoms with Crippen molar-refractivity contribution in [2.45, 2.75) is 25.4 Å². The van der Waals surface area contributed by atoms with Crippen LogP contribution in [0.4, 0.5) is 0 Å². The molecule has 13 heavy (non-hydrogen) atoms. The summed E-state index contributed by atoms with van der Waals surface area (Å²) in [6.45, 7) is 7.70. The van der Waals surface area contributed by atoms with Crippen molar-refractivity contribution in [3.8, 4) is 0 Å². The molecule has 0 aromatic carbocycles. The summed E-state index contributed by atoms with van der Waals surface area (Å²) in [7, 11) is 2.23. The Morgan fingerprint density at radius 1 is 1.15 bits per heavy atom. The summed E-state index contributed by atoms with van der Waals surface area (Å²) in [4.78, 5) is 5.05. The second kappa shape index (κ2) is 3.95. The summed E-state index contributed by atoms with van der Waals surface area (Å²) in [5.74, 6) is 0. The molecule has 2 aliphatic heterocycles. The van der Waals surface area contributed by atoms with Crippen molar-refractivity contribution in [3.05, 3.63) is 0 Å². The summed E-state index contributed by atoms with van der Waals surface area (Å²) in [5, 5.41) is 0. The number of nitrogens with zero attached hydrogens (tertiary/aromatic N) is 2. The van der Waals surface area contributed by atoms with Gasteiger partial charge in [0.2, 0.25) is 0 Å². The van der Waals surface area contributed by atoms with Gasteiger partial charge in [-0.05, 0) is 26.9 Å². The Labute approximate surface area is 80.6 Å². The summed E-state index contributed by atoms with van der Waals surface area (Å²) >= 11 is 0. The highest BCUT2D eigenvalue weighted by Gasteiger charge is 2.32. The molecule has 76 valence electrons. The summed E-state index contributed by atoms with van der Waals surface area (Å²) < 4.78 is 5.37. The predicted molar refractivity (Wildman–Crippen MR) is 52.9 cm³/mol. The van der Waals surface area contributed by atoms with Gasteiger partial charge in [-0.2, -0.15) is 0 Å². The van der Waals surface area contributed by atoms with Crippen molar-refractivity contribution in [2.24, 2.45) is 0 Å². The van der Waals surface area contributed by atoms with Crippen LogP contribution in [0.25, 0.3) is 0 Å². The first-order chi connectivity index (χ1) is 6.29. The van der Waals surface area contributed by atoms with E-state index in [1.807, 2.05) is 0 Å². The lowest BCUT2D eigenvalue weighted by atomic mass is 10.1. The van der Waals surface area contributed by atoms with Crippen molar-refractivity contribution in [2.75, 3.05) is 39.9 Å². The van der Waals surface area contributed by atoms with E-state index in [4.69, 9.17) is 4.74 Å². The molecule has 0 amide bonds. The summed E-state index contributed by atoms with van der Waals surface area (Å²) in [6.07, 6.45) is 1.33. The number of likely N-dealkylation sites (tertiary alicyclic amines) is 1. The average Bonchev–Trinajstić information content (AvgIpc) is 2.49. The van der Waals surface area contributed by atoms with E-state index in [2.05, 4.69) is 23.8 Å². The molecule has 0 saturated carbocycles. The Balaban J connectivity index is 1.92. The van der Waals surface area contributed by atoms with Gasteiger partial charge in [-0.3, -0.25) is 4.90 Å². The van der Waals surface area contributed by atoms with Crippen LogP contribution in [0.1, 0.15) is 13.3 Å². The number of hydrogen-bond acceptors (Lipinski definition) is 3. The molecule has 0 spiro atoms. The minimum absolute atomic E-state index is 0.720. The van der Waals surface area contributed by atoms with Gasteiger partial charge in [-0.15, -0.1) is 0 Å². The van der Waals surface area contributed by atoms with E-state index < -0.39 is 0 Å². The Kier molecular flexibility index (Phi) is 2.86. The smallest absolute Gasteiger partial charge is 0.0594 e. The maximum Gasteiger partial charge on any atom is 0.0594 e. The highest BCUT2D eigenvalue weighted by atomic mass is 16.5. The molecule has 3 heteroatoms. The molecule has 2 heterocycles. The Morgan fingerprint density at radius 2 is 1.85 bits per heavy atom. The maximum absolute atomic E-state index is 5.37. The fourth-order valence-electron chi connectivity index (χ4n) is 2.47. The summed E-state index contributed by atoms with van der Waals surface area (Å²) in [5.41, 5.74) is 0. The standard InChI is InChI=1S/C10H20N2O/c1-9-10(3-4-11(9)2)12-5-7-13-8-6-12/h9-10H,3-8H2,1-2H3. The molecule has 0 aliphatic carbocycles. The SMILES string of the molecule is CC1C(N2CCOCC2)CCN1C. The number of hydrogen-bond donors (Lipinski definition) is 0. The lowest BCUT2D eigenvalue weighted by Gasteiger charge is -2.35. The summed E-state index contributed by atoms with van der Waals surface area (Å²) in [6, 6.07) is 1.49. The largest absolute Gasteiger partial charge is 0.379 e. The van der Waals surface area contributed by atoms with Crippen LogP contribution >= 0.6 is 0 Å². The van der Waals surface area contributed by atoms with Crippen LogP contribution in [0.3, 0.4) is 0 Å². The zero-order valence-electron chi connectivity index (χ0n) is 8.70. The molecular formula is C10H20N2O. The fraction of sp³-hybridized carbons (Fsp3) is 1.00. The topological polar surface area (TPSA) is 15.7 Å². The van der Waals surface area contributed by atoms with Gasteiger partial charge in [0, 0.05) is 25.2 Å². The zero-order valence-corrected chi connectivity index (χ0v) is 8.70. The lowest BCUT2D eigenvalue weighted by molar-refractivity contribution is 0.0113. The van der Waals surface area contributed by atoms with Crippen LogP contribution in [0.5, 0.6) is 0 Å². The van der Waals surface area contributed by atoms with E-state index in [1.54, 1.807) is 0 Å². The van der Waals surface area contributed by atoms with Crippen molar-refractivity contribution >= 4 is 0 Å². The molecule has 3 nitrogen and oxygen atoms in total. The molecule has 2 rings (SSSR count). The quantitative estimate of drug-likeness (QED) is 0.587. The van der Waals surface area contributed by atoms with Gasteiger partial charge >= 0.3 is 0 Å². The molecule has 0 radical (unpaired) electrons. The van der Waals surface area contributed by atoms with Gasteiger partial charge in [-0.1, -0.05) is 0 Å². The Hall–Kier alpha value is -0.120. The van der Waals surface area contributed by atoms with Crippen LogP contribution in [0.2, 0.25) is 0 Å². The molecule has 2 atom stereocenters. The van der Waals surface area contributed by atoms with Gasteiger partial charge in [0.15, 0.2) is 0 Å². The third-order valence-electron chi connectivity index (χ3n) is 3.54. The fourth-order valence-corrected chi connectivity index (χ4v) is 2.47. The molecular weight excluding hydrogens is 164 g/mol. The van der Waals surface area contributed by atoms with E-state index in [0.717, 1.165) is 38.4 Å². The third-order valence-corrected chi connectivity index (χ3v) is 3.54. The molecule has 0 aromatic heterocycles. The van der Waals surface area contributed by atoms with E-state index >= 15 is 0 Å². The minimum atomic E-state index is 0.720. The van der Waals surface area contributed by atoms with Gasteiger partial charge in [0.1, 0.15) is 0 Å². The third kappa shape index (κ3) is 1.87. The number of rotatable bonds is 1. The minimum Gasteiger partial charge on any atom is -0.379 e. The molecule has 0 N–H and O–H groups in total. The van der Waals surface area contributed by atoms with Crippen LogP contribution in [-0.4, -0.2) is 61.8 Å². The van der Waals surface area contributed by atoms with E-state index in [-0.39, 0.29) is 0 Å². The van der Waals surface area contributed by atoms with Crippen molar-refractivity contribution in [3.63, 3.8) is 0 Å². The molecule has 2 fully saturated rings. The van der Waals surface area contributed by atoms with Crippen molar-refractivity contribution < 1.29 is 4.74 Å². The highest BCUT2D eigenvalue weighted by molar-refractivity contribution is 4.89. The monoisotopic (exact) mass is 184 g/mol. The number of likely N-dealkylation sites (N-methyl/N-ethyl adjacent to an activating group) is 1. The van der Waals surface area contributed by atoms with Crippen molar-refractivity contribution in [1.29, 1.82) is 0 Å². The lowest BCUT2D eigenvalue weighted by Crippen LogP contribution is -2.48. The van der Waals surface area contributed by atoms with Crippen LogP contribution in [0, 0.1) is 0 Å². The normalized spacial score (nSPS) is 38.3.